The quantitative estimate of drug-likeness (QED) is 0.244. The second-order valence-electron chi connectivity index (χ2n) is 10.6. The SMILES string of the molecule is CCC(CC)(Nc1c(C)cc(C)cc1C)c1ccc(C=C(c2ccccc2)c2cc(C)cc(C)c2)cc1. The molecule has 1 N–H and O–H groups in total. The minimum atomic E-state index is -0.108. The Bertz CT molecular complexity index is 1340. The number of aryl methyl sites for hydroxylation is 5. The number of hydrogen-bond donors (Lipinski definition) is 1. The molecule has 190 valence electrons. The first-order valence-electron chi connectivity index (χ1n) is 13.6. The maximum absolute atomic E-state index is 3.98. The molecule has 4 aromatic carbocycles. The van der Waals surface area contributed by atoms with Crippen molar-refractivity contribution >= 4 is 17.3 Å². The second-order valence-corrected chi connectivity index (χ2v) is 10.6. The van der Waals surface area contributed by atoms with Crippen LogP contribution in [0.4, 0.5) is 5.69 Å². The van der Waals surface area contributed by atoms with E-state index in [1.165, 1.54) is 61.3 Å². The third-order valence-corrected chi connectivity index (χ3v) is 7.64. The van der Waals surface area contributed by atoms with Crippen LogP contribution in [0.3, 0.4) is 0 Å². The maximum Gasteiger partial charge on any atom is 0.0620 e. The van der Waals surface area contributed by atoms with E-state index in [-0.39, 0.29) is 5.54 Å². The molecule has 0 unspecified atom stereocenters. The first kappa shape index (κ1) is 26.5. The molecular formula is C36H41N. The lowest BCUT2D eigenvalue weighted by molar-refractivity contribution is 0.454. The van der Waals surface area contributed by atoms with Gasteiger partial charge in [0.05, 0.1) is 5.54 Å². The molecule has 1 nitrogen and oxygen atoms in total. The lowest BCUT2D eigenvalue weighted by atomic mass is 9.83. The highest BCUT2D eigenvalue weighted by Crippen LogP contribution is 2.36. The fourth-order valence-corrected chi connectivity index (χ4v) is 5.67. The van der Waals surface area contributed by atoms with Crippen molar-refractivity contribution in [3.05, 3.63) is 135 Å². The highest BCUT2D eigenvalue weighted by atomic mass is 15.0. The topological polar surface area (TPSA) is 12.0 Å². The third kappa shape index (κ3) is 5.88. The summed E-state index contributed by atoms with van der Waals surface area (Å²) in [5.74, 6) is 0. The van der Waals surface area contributed by atoms with E-state index in [2.05, 4.69) is 145 Å². The van der Waals surface area contributed by atoms with Crippen molar-refractivity contribution < 1.29 is 0 Å². The average molecular weight is 488 g/mol. The summed E-state index contributed by atoms with van der Waals surface area (Å²) in [7, 11) is 0. The molecule has 0 atom stereocenters. The maximum atomic E-state index is 3.98. The van der Waals surface area contributed by atoms with Gasteiger partial charge in [-0.05, 0) is 92.5 Å². The van der Waals surface area contributed by atoms with Gasteiger partial charge >= 0.3 is 0 Å². The molecule has 0 amide bonds. The zero-order valence-corrected chi connectivity index (χ0v) is 23.6. The van der Waals surface area contributed by atoms with Crippen LogP contribution in [-0.4, -0.2) is 0 Å². The first-order chi connectivity index (χ1) is 17.7. The van der Waals surface area contributed by atoms with Gasteiger partial charge in [0.2, 0.25) is 0 Å². The number of nitrogens with one attached hydrogen (secondary N) is 1. The molecule has 0 heterocycles. The lowest BCUT2D eigenvalue weighted by Gasteiger charge is -2.36. The van der Waals surface area contributed by atoms with Gasteiger partial charge in [-0.25, -0.2) is 0 Å². The van der Waals surface area contributed by atoms with Crippen molar-refractivity contribution in [2.24, 2.45) is 0 Å². The Morgan fingerprint density at radius 2 is 1.19 bits per heavy atom. The summed E-state index contributed by atoms with van der Waals surface area (Å²) in [6.07, 6.45) is 4.36. The number of rotatable bonds is 8. The highest BCUT2D eigenvalue weighted by Gasteiger charge is 2.29. The molecule has 0 aliphatic heterocycles. The smallest absolute Gasteiger partial charge is 0.0620 e. The predicted molar refractivity (Wildman–Crippen MR) is 162 cm³/mol. The lowest BCUT2D eigenvalue weighted by Crippen LogP contribution is -2.34. The normalized spacial score (nSPS) is 12.0. The van der Waals surface area contributed by atoms with E-state index in [4.69, 9.17) is 0 Å². The van der Waals surface area contributed by atoms with E-state index in [0.717, 1.165) is 12.8 Å². The van der Waals surface area contributed by atoms with Crippen LogP contribution in [0.5, 0.6) is 0 Å². The number of anilines is 1. The molecule has 0 radical (unpaired) electrons. The molecule has 0 aliphatic carbocycles. The standard InChI is InChI=1S/C36H41N/c1-8-36(9-2,37-35-28(6)20-27(5)21-29(35)7)33-17-15-30(16-18-33)24-34(31-13-11-10-12-14-31)32-22-25(3)19-26(4)23-32/h10-24,37H,8-9H2,1-7H3. The first-order valence-corrected chi connectivity index (χ1v) is 13.6. The fourth-order valence-electron chi connectivity index (χ4n) is 5.67. The molecule has 4 rings (SSSR count). The van der Waals surface area contributed by atoms with Crippen molar-refractivity contribution in [2.45, 2.75) is 66.8 Å². The summed E-state index contributed by atoms with van der Waals surface area (Å²) in [5, 5.41) is 3.98. The van der Waals surface area contributed by atoms with E-state index in [1.54, 1.807) is 0 Å². The van der Waals surface area contributed by atoms with Crippen molar-refractivity contribution in [3.63, 3.8) is 0 Å². The van der Waals surface area contributed by atoms with Crippen molar-refractivity contribution in [1.82, 2.24) is 0 Å². The van der Waals surface area contributed by atoms with Gasteiger partial charge in [-0.3, -0.25) is 0 Å². The Kier molecular flexibility index (Phi) is 8.03. The number of hydrogen-bond acceptors (Lipinski definition) is 1. The van der Waals surface area contributed by atoms with Crippen LogP contribution < -0.4 is 5.32 Å². The summed E-state index contributed by atoms with van der Waals surface area (Å²) in [5.41, 5.74) is 14.0. The van der Waals surface area contributed by atoms with E-state index in [1.807, 2.05) is 0 Å². The molecule has 37 heavy (non-hydrogen) atoms. The Hall–Kier alpha value is -3.58. The minimum absolute atomic E-state index is 0.108. The largest absolute Gasteiger partial charge is 0.375 e. The van der Waals surface area contributed by atoms with Gasteiger partial charge in [0.25, 0.3) is 0 Å². The second kappa shape index (κ2) is 11.2. The Balaban J connectivity index is 1.74. The monoisotopic (exact) mass is 487 g/mol. The van der Waals surface area contributed by atoms with E-state index < -0.39 is 0 Å². The zero-order valence-electron chi connectivity index (χ0n) is 23.6. The van der Waals surface area contributed by atoms with E-state index in [0.29, 0.717) is 0 Å². The minimum Gasteiger partial charge on any atom is -0.375 e. The Morgan fingerprint density at radius 3 is 1.73 bits per heavy atom. The summed E-state index contributed by atoms with van der Waals surface area (Å²) in [4.78, 5) is 0. The molecule has 4 aromatic rings. The van der Waals surface area contributed by atoms with Gasteiger partial charge in [0.15, 0.2) is 0 Å². The van der Waals surface area contributed by atoms with Gasteiger partial charge in [-0.1, -0.05) is 115 Å². The van der Waals surface area contributed by atoms with Gasteiger partial charge in [0, 0.05) is 5.69 Å². The average Bonchev–Trinajstić information content (AvgIpc) is 2.88. The molecular weight excluding hydrogens is 446 g/mol. The van der Waals surface area contributed by atoms with Gasteiger partial charge in [0.1, 0.15) is 0 Å². The summed E-state index contributed by atoms with van der Waals surface area (Å²) < 4.78 is 0. The molecule has 0 bridgehead atoms. The molecule has 0 aliphatic rings. The fraction of sp³-hybridized carbons (Fsp3) is 0.278. The van der Waals surface area contributed by atoms with Crippen LogP contribution in [0.1, 0.15) is 76.8 Å². The van der Waals surface area contributed by atoms with Crippen LogP contribution in [0, 0.1) is 34.6 Å². The molecule has 0 spiro atoms. The number of benzene rings is 4. The van der Waals surface area contributed by atoms with Crippen molar-refractivity contribution in [1.29, 1.82) is 0 Å². The van der Waals surface area contributed by atoms with Gasteiger partial charge < -0.3 is 5.32 Å². The van der Waals surface area contributed by atoms with Crippen molar-refractivity contribution in [3.8, 4) is 0 Å². The van der Waals surface area contributed by atoms with Gasteiger partial charge in [-0.2, -0.15) is 0 Å². The highest BCUT2D eigenvalue weighted by molar-refractivity contribution is 5.91. The molecule has 0 fully saturated rings. The van der Waals surface area contributed by atoms with E-state index >= 15 is 0 Å². The Morgan fingerprint density at radius 1 is 0.649 bits per heavy atom. The van der Waals surface area contributed by atoms with Crippen molar-refractivity contribution in [2.75, 3.05) is 5.32 Å². The van der Waals surface area contributed by atoms with Crippen LogP contribution in [0.25, 0.3) is 11.6 Å². The zero-order chi connectivity index (χ0) is 26.6. The molecule has 0 saturated carbocycles. The van der Waals surface area contributed by atoms with Crippen LogP contribution >= 0.6 is 0 Å². The van der Waals surface area contributed by atoms with Crippen LogP contribution in [0.2, 0.25) is 0 Å². The van der Waals surface area contributed by atoms with E-state index in [9.17, 15) is 0 Å². The summed E-state index contributed by atoms with van der Waals surface area (Å²) in [6.45, 7) is 15.5. The van der Waals surface area contributed by atoms with Gasteiger partial charge in [-0.15, -0.1) is 0 Å². The van der Waals surface area contributed by atoms with Crippen LogP contribution in [-0.2, 0) is 5.54 Å². The Labute approximate surface area is 224 Å². The molecule has 1 heteroatoms. The summed E-state index contributed by atoms with van der Waals surface area (Å²) >= 11 is 0. The third-order valence-electron chi connectivity index (χ3n) is 7.64. The molecule has 0 aromatic heterocycles. The molecule has 0 saturated heterocycles. The predicted octanol–water partition coefficient (Wildman–Crippen LogP) is 9.94. The van der Waals surface area contributed by atoms with Crippen LogP contribution in [0.15, 0.2) is 84.9 Å². The summed E-state index contributed by atoms with van der Waals surface area (Å²) in [6, 6.07) is 31.3.